The number of aromatic nitrogens is 2. The van der Waals surface area contributed by atoms with E-state index in [0.29, 0.717) is 33.4 Å². The summed E-state index contributed by atoms with van der Waals surface area (Å²) in [6, 6.07) is 17.5. The average molecular weight is 457 g/mol. The van der Waals surface area contributed by atoms with Gasteiger partial charge in [0.1, 0.15) is 16.9 Å². The van der Waals surface area contributed by atoms with Crippen LogP contribution in [-0.2, 0) is 9.53 Å². The fourth-order valence-corrected chi connectivity index (χ4v) is 3.79. The highest BCUT2D eigenvalue weighted by Crippen LogP contribution is 2.36. The van der Waals surface area contributed by atoms with E-state index in [9.17, 15) is 14.4 Å². The van der Waals surface area contributed by atoms with E-state index >= 15 is 0 Å². The summed E-state index contributed by atoms with van der Waals surface area (Å²) in [6.07, 6.45) is -1.16. The number of rotatable bonds is 5. The largest absolute Gasteiger partial charge is 0.495 e. The van der Waals surface area contributed by atoms with Gasteiger partial charge in [0.2, 0.25) is 0 Å². The van der Waals surface area contributed by atoms with E-state index in [1.165, 1.54) is 14.0 Å². The van der Waals surface area contributed by atoms with Gasteiger partial charge in [-0.15, -0.1) is 0 Å². The zero-order valence-corrected chi connectivity index (χ0v) is 18.2. The molecule has 5 rings (SSSR count). The van der Waals surface area contributed by atoms with E-state index in [1.807, 2.05) is 24.3 Å². The first-order chi connectivity index (χ1) is 16.5. The molecular formula is C25H19N3O6. The second kappa shape index (κ2) is 8.36. The van der Waals surface area contributed by atoms with E-state index in [1.54, 1.807) is 36.4 Å². The second-order valence-electron chi connectivity index (χ2n) is 7.63. The third-order valence-corrected chi connectivity index (χ3v) is 5.50. The fourth-order valence-electron chi connectivity index (χ4n) is 3.79. The van der Waals surface area contributed by atoms with Gasteiger partial charge in [-0.2, -0.15) is 5.10 Å². The maximum Gasteiger partial charge on any atom is 0.360 e. The van der Waals surface area contributed by atoms with Crippen molar-refractivity contribution in [3.05, 3.63) is 76.7 Å². The molecular weight excluding hydrogens is 438 g/mol. The molecule has 2 heterocycles. The smallest absolute Gasteiger partial charge is 0.360 e. The number of H-pyrrole nitrogens is 1. The number of fused-ring (bicyclic) bond motifs is 4. The molecule has 0 fully saturated rings. The van der Waals surface area contributed by atoms with Crippen molar-refractivity contribution in [3.8, 4) is 5.75 Å². The van der Waals surface area contributed by atoms with Crippen molar-refractivity contribution in [1.82, 2.24) is 10.2 Å². The van der Waals surface area contributed by atoms with Crippen LogP contribution in [0.25, 0.3) is 32.7 Å². The summed E-state index contributed by atoms with van der Waals surface area (Å²) in [5, 5.41) is 11.2. The Morgan fingerprint density at radius 3 is 2.44 bits per heavy atom. The van der Waals surface area contributed by atoms with Crippen LogP contribution in [0.1, 0.15) is 17.4 Å². The highest BCUT2D eigenvalue weighted by molar-refractivity contribution is 6.08. The Morgan fingerprint density at radius 1 is 0.971 bits per heavy atom. The molecule has 0 radical (unpaired) electrons. The number of hydrogen-bond donors (Lipinski definition) is 2. The number of amides is 1. The molecule has 0 aliphatic rings. The van der Waals surface area contributed by atoms with Gasteiger partial charge in [0.15, 0.2) is 11.8 Å². The normalized spacial score (nSPS) is 12.1. The van der Waals surface area contributed by atoms with Crippen LogP contribution < -0.4 is 15.6 Å². The summed E-state index contributed by atoms with van der Waals surface area (Å²) in [5.41, 5.74) is 1.15. The quantitative estimate of drug-likeness (QED) is 0.382. The van der Waals surface area contributed by atoms with Crippen molar-refractivity contribution >= 4 is 50.3 Å². The third-order valence-electron chi connectivity index (χ3n) is 5.50. The van der Waals surface area contributed by atoms with Gasteiger partial charge in [-0.05, 0) is 25.1 Å². The van der Waals surface area contributed by atoms with Gasteiger partial charge < -0.3 is 19.2 Å². The summed E-state index contributed by atoms with van der Waals surface area (Å²) >= 11 is 0. The number of anilines is 1. The maximum atomic E-state index is 12.8. The van der Waals surface area contributed by atoms with Gasteiger partial charge >= 0.3 is 5.97 Å². The van der Waals surface area contributed by atoms with E-state index < -0.39 is 23.5 Å². The SMILES string of the molecule is COc1cc2c(cc1NC(=O)C(C)OC(=O)c1n[nH]c(=O)c3ccccc13)oc1ccccc12. The number of carbonyl (C=O) groups excluding carboxylic acids is 2. The van der Waals surface area contributed by atoms with Crippen LogP contribution in [0.2, 0.25) is 0 Å². The number of benzene rings is 3. The van der Waals surface area contributed by atoms with Crippen LogP contribution in [0.3, 0.4) is 0 Å². The molecule has 0 bridgehead atoms. The van der Waals surface area contributed by atoms with Gasteiger partial charge in [-0.1, -0.05) is 36.4 Å². The molecule has 3 aromatic carbocycles. The van der Waals surface area contributed by atoms with Crippen molar-refractivity contribution in [1.29, 1.82) is 0 Å². The number of ether oxygens (including phenoxy) is 2. The Morgan fingerprint density at radius 2 is 1.68 bits per heavy atom. The maximum absolute atomic E-state index is 12.8. The summed E-state index contributed by atoms with van der Waals surface area (Å²) in [7, 11) is 1.50. The lowest BCUT2D eigenvalue weighted by Gasteiger charge is -2.15. The molecule has 5 aromatic rings. The third kappa shape index (κ3) is 3.62. The molecule has 170 valence electrons. The first-order valence-corrected chi connectivity index (χ1v) is 10.4. The van der Waals surface area contributed by atoms with Crippen molar-refractivity contribution < 1.29 is 23.5 Å². The van der Waals surface area contributed by atoms with Gasteiger partial charge in [0.25, 0.3) is 11.5 Å². The summed E-state index contributed by atoms with van der Waals surface area (Å²) in [4.78, 5) is 37.5. The number of esters is 1. The first kappa shape index (κ1) is 21.2. The van der Waals surface area contributed by atoms with Crippen molar-refractivity contribution in [2.75, 3.05) is 12.4 Å². The highest BCUT2D eigenvalue weighted by atomic mass is 16.5. The molecule has 9 heteroatoms. The van der Waals surface area contributed by atoms with E-state index in [-0.39, 0.29) is 5.69 Å². The predicted octanol–water partition coefficient (Wildman–Crippen LogP) is 4.02. The van der Waals surface area contributed by atoms with E-state index in [0.717, 1.165) is 10.8 Å². The van der Waals surface area contributed by atoms with Crippen molar-refractivity contribution in [2.45, 2.75) is 13.0 Å². The second-order valence-corrected chi connectivity index (χ2v) is 7.63. The summed E-state index contributed by atoms with van der Waals surface area (Å²) in [5.74, 6) is -0.982. The van der Waals surface area contributed by atoms with Crippen LogP contribution in [0, 0.1) is 0 Å². The number of methoxy groups -OCH3 is 1. The molecule has 1 unspecified atom stereocenters. The van der Waals surface area contributed by atoms with Crippen LogP contribution in [0.5, 0.6) is 5.75 Å². The first-order valence-electron chi connectivity index (χ1n) is 10.4. The number of hydrogen-bond acceptors (Lipinski definition) is 7. The lowest BCUT2D eigenvalue weighted by Crippen LogP contribution is -2.30. The minimum absolute atomic E-state index is 0.0869. The lowest BCUT2D eigenvalue weighted by molar-refractivity contribution is -0.123. The molecule has 0 saturated carbocycles. The number of para-hydroxylation sites is 1. The Hall–Kier alpha value is -4.66. The van der Waals surface area contributed by atoms with Gasteiger partial charge in [0, 0.05) is 22.2 Å². The minimum atomic E-state index is -1.16. The minimum Gasteiger partial charge on any atom is -0.495 e. The Kier molecular flexibility index (Phi) is 5.21. The number of carbonyl (C=O) groups is 2. The van der Waals surface area contributed by atoms with Crippen molar-refractivity contribution in [3.63, 3.8) is 0 Å². The van der Waals surface area contributed by atoms with Gasteiger partial charge in [-0.25, -0.2) is 9.89 Å². The lowest BCUT2D eigenvalue weighted by atomic mass is 10.1. The fraction of sp³-hybridized carbons (Fsp3) is 0.120. The molecule has 1 amide bonds. The molecule has 2 N–H and O–H groups in total. The number of nitrogens with zero attached hydrogens (tertiary/aromatic N) is 1. The molecule has 1 atom stereocenters. The van der Waals surface area contributed by atoms with Crippen LogP contribution in [0.4, 0.5) is 5.69 Å². The molecule has 0 aliphatic heterocycles. The monoisotopic (exact) mass is 457 g/mol. The predicted molar refractivity (Wildman–Crippen MR) is 126 cm³/mol. The van der Waals surface area contributed by atoms with Crippen LogP contribution in [0.15, 0.2) is 69.9 Å². The molecule has 0 spiro atoms. The average Bonchev–Trinajstić information content (AvgIpc) is 3.21. The molecule has 2 aromatic heterocycles. The Bertz CT molecular complexity index is 1630. The van der Waals surface area contributed by atoms with E-state index in [2.05, 4.69) is 15.5 Å². The Balaban J connectivity index is 1.39. The Labute approximate surface area is 192 Å². The zero-order chi connectivity index (χ0) is 23.8. The summed E-state index contributed by atoms with van der Waals surface area (Å²) in [6.45, 7) is 1.44. The van der Waals surface area contributed by atoms with Crippen molar-refractivity contribution in [2.24, 2.45) is 0 Å². The van der Waals surface area contributed by atoms with Gasteiger partial charge in [0.05, 0.1) is 18.2 Å². The molecule has 0 saturated heterocycles. The van der Waals surface area contributed by atoms with Crippen LogP contribution in [-0.4, -0.2) is 35.3 Å². The summed E-state index contributed by atoms with van der Waals surface area (Å²) < 4.78 is 16.7. The topological polar surface area (TPSA) is 124 Å². The number of aromatic amines is 1. The number of nitrogens with one attached hydrogen (secondary N) is 2. The zero-order valence-electron chi connectivity index (χ0n) is 18.2. The van der Waals surface area contributed by atoms with Gasteiger partial charge in [-0.3, -0.25) is 9.59 Å². The number of furan rings is 1. The molecule has 9 nitrogen and oxygen atoms in total. The molecule has 0 aliphatic carbocycles. The molecule has 34 heavy (non-hydrogen) atoms. The highest BCUT2D eigenvalue weighted by Gasteiger charge is 2.23. The standard InChI is InChI=1S/C25H19N3O6/c1-13(33-25(31)22-15-8-3-4-9-16(15)24(30)28-27-22)23(29)26-18-12-20-17(11-21(18)32-2)14-7-5-6-10-19(14)34-20/h3-13H,1-2H3,(H,26,29)(H,28,30). The van der Waals surface area contributed by atoms with E-state index in [4.69, 9.17) is 13.9 Å². The van der Waals surface area contributed by atoms with Crippen LogP contribution >= 0.6 is 0 Å².